The van der Waals surface area contributed by atoms with E-state index in [-0.39, 0.29) is 6.04 Å². The maximum absolute atomic E-state index is 5.49. The summed E-state index contributed by atoms with van der Waals surface area (Å²) in [7, 11) is 0. The van der Waals surface area contributed by atoms with Gasteiger partial charge in [0.25, 0.3) is 0 Å². The van der Waals surface area contributed by atoms with E-state index in [9.17, 15) is 0 Å². The van der Waals surface area contributed by atoms with Gasteiger partial charge in [-0.25, -0.2) is 5.01 Å². The van der Waals surface area contributed by atoms with E-state index in [1.165, 1.54) is 0 Å². The van der Waals surface area contributed by atoms with Crippen molar-refractivity contribution in [2.75, 3.05) is 0 Å². The van der Waals surface area contributed by atoms with Crippen LogP contribution in [0.15, 0.2) is 71.8 Å². The minimum atomic E-state index is 0.194. The van der Waals surface area contributed by atoms with Gasteiger partial charge in [-0.05, 0) is 29.4 Å². The molecule has 0 aromatic heterocycles. The van der Waals surface area contributed by atoms with E-state index in [4.69, 9.17) is 17.3 Å². The Bertz CT molecular complexity index is 765. The summed E-state index contributed by atoms with van der Waals surface area (Å²) in [4.78, 5) is 0. The van der Waals surface area contributed by atoms with Crippen molar-refractivity contribution in [1.82, 2.24) is 10.3 Å². The highest BCUT2D eigenvalue weighted by Gasteiger charge is 2.32. The molecule has 0 saturated carbocycles. The number of benzene rings is 2. The first kappa shape index (κ1) is 13.2. The smallest absolute Gasteiger partial charge is 0.194 e. The Morgan fingerprint density at radius 1 is 0.955 bits per heavy atom. The number of thiocarbonyl (C=S) groups is 1. The van der Waals surface area contributed by atoms with E-state index in [1.54, 1.807) is 0 Å². The van der Waals surface area contributed by atoms with Gasteiger partial charge in [0.15, 0.2) is 5.11 Å². The van der Waals surface area contributed by atoms with E-state index in [0.717, 1.165) is 29.0 Å². The molecule has 0 radical (unpaired) electrons. The van der Waals surface area contributed by atoms with Gasteiger partial charge in [-0.1, -0.05) is 60.7 Å². The van der Waals surface area contributed by atoms with Crippen LogP contribution < -0.4 is 5.32 Å². The predicted octanol–water partition coefficient (Wildman–Crippen LogP) is 3.39. The van der Waals surface area contributed by atoms with E-state index in [2.05, 4.69) is 35.7 Å². The Labute approximate surface area is 135 Å². The number of nitrogens with one attached hydrogen (secondary N) is 1. The molecule has 2 aliphatic heterocycles. The average molecular weight is 305 g/mol. The molecule has 22 heavy (non-hydrogen) atoms. The lowest BCUT2D eigenvalue weighted by molar-refractivity contribution is 0.406. The van der Waals surface area contributed by atoms with Crippen molar-refractivity contribution in [3.8, 4) is 0 Å². The molecule has 4 rings (SSSR count). The molecule has 2 aromatic carbocycles. The second-order valence-corrected chi connectivity index (χ2v) is 5.79. The maximum Gasteiger partial charge on any atom is 0.194 e. The number of rotatable bonds is 2. The molecule has 2 heterocycles. The Balaban J connectivity index is 1.65. The molecule has 0 fully saturated rings. The van der Waals surface area contributed by atoms with Gasteiger partial charge < -0.3 is 5.32 Å². The first-order valence-corrected chi connectivity index (χ1v) is 7.72. The molecule has 2 aromatic rings. The molecule has 3 nitrogen and oxygen atoms in total. The summed E-state index contributed by atoms with van der Waals surface area (Å²) >= 11 is 5.49. The summed E-state index contributed by atoms with van der Waals surface area (Å²) in [5.41, 5.74) is 4.46. The molecule has 1 N–H and O–H groups in total. The molecule has 0 saturated heterocycles. The van der Waals surface area contributed by atoms with Crippen LogP contribution in [0.3, 0.4) is 0 Å². The summed E-state index contributed by atoms with van der Waals surface area (Å²) in [5, 5.41) is 10.5. The molecule has 1 atom stereocenters. The summed E-state index contributed by atoms with van der Waals surface area (Å²) in [6.07, 6.45) is 3.09. The number of fused-ring (bicyclic) bond motifs is 1. The van der Waals surface area contributed by atoms with Gasteiger partial charge in [-0.2, -0.15) is 5.10 Å². The van der Waals surface area contributed by atoms with E-state index in [0.29, 0.717) is 5.11 Å². The topological polar surface area (TPSA) is 27.6 Å². The molecule has 1 unspecified atom stereocenters. The van der Waals surface area contributed by atoms with Crippen molar-refractivity contribution in [3.63, 3.8) is 0 Å². The van der Waals surface area contributed by atoms with Crippen LogP contribution in [0.2, 0.25) is 0 Å². The fraction of sp³-hybridized carbons (Fsp3) is 0.111. The molecule has 0 bridgehead atoms. The van der Waals surface area contributed by atoms with Crippen molar-refractivity contribution < 1.29 is 0 Å². The third-order valence-electron chi connectivity index (χ3n) is 3.95. The van der Waals surface area contributed by atoms with Gasteiger partial charge in [0.05, 0.1) is 11.8 Å². The van der Waals surface area contributed by atoms with E-state index < -0.39 is 0 Å². The van der Waals surface area contributed by atoms with Crippen molar-refractivity contribution in [1.29, 1.82) is 0 Å². The molecule has 0 amide bonds. The minimum Gasteiger partial charge on any atom is -0.331 e. The van der Waals surface area contributed by atoms with Crippen LogP contribution in [-0.4, -0.2) is 21.9 Å². The highest BCUT2D eigenvalue weighted by Crippen LogP contribution is 2.27. The molecule has 0 aliphatic carbocycles. The molecular formula is C18H15N3S. The van der Waals surface area contributed by atoms with Crippen LogP contribution in [0, 0.1) is 0 Å². The van der Waals surface area contributed by atoms with Crippen LogP contribution in [0.4, 0.5) is 0 Å². The SMILES string of the molecule is S=C1NC(c2ccccc2)=CC2CC(c3ccccc3)=NN12. The third-order valence-corrected chi connectivity index (χ3v) is 4.23. The third kappa shape index (κ3) is 2.31. The number of hydrogen-bond acceptors (Lipinski definition) is 2. The lowest BCUT2D eigenvalue weighted by atomic mass is 10.0. The van der Waals surface area contributed by atoms with E-state index in [1.807, 2.05) is 41.4 Å². The Hall–Kier alpha value is -2.46. The first-order chi connectivity index (χ1) is 10.8. The minimum absolute atomic E-state index is 0.194. The summed E-state index contributed by atoms with van der Waals surface area (Å²) < 4.78 is 0. The largest absolute Gasteiger partial charge is 0.331 e. The van der Waals surface area contributed by atoms with Gasteiger partial charge >= 0.3 is 0 Å². The van der Waals surface area contributed by atoms with Crippen molar-refractivity contribution in [3.05, 3.63) is 77.9 Å². The molecule has 4 heteroatoms. The van der Waals surface area contributed by atoms with Gasteiger partial charge in [-0.3, -0.25) is 0 Å². The van der Waals surface area contributed by atoms with Gasteiger partial charge in [0, 0.05) is 12.1 Å². The lowest BCUT2D eigenvalue weighted by Crippen LogP contribution is -2.43. The van der Waals surface area contributed by atoms with Gasteiger partial charge in [0.2, 0.25) is 0 Å². The van der Waals surface area contributed by atoms with Crippen LogP contribution >= 0.6 is 12.2 Å². The number of nitrogens with zero attached hydrogens (tertiary/aromatic N) is 2. The molecular weight excluding hydrogens is 290 g/mol. The van der Waals surface area contributed by atoms with Gasteiger partial charge in [0.1, 0.15) is 0 Å². The zero-order valence-corrected chi connectivity index (χ0v) is 12.8. The fourth-order valence-electron chi connectivity index (χ4n) is 2.85. The number of hydrogen-bond donors (Lipinski definition) is 1. The second kappa shape index (κ2) is 5.39. The maximum atomic E-state index is 5.49. The van der Waals surface area contributed by atoms with Crippen molar-refractivity contribution >= 4 is 28.7 Å². The summed E-state index contributed by atoms with van der Waals surface area (Å²) in [6, 6.07) is 20.7. The highest BCUT2D eigenvalue weighted by molar-refractivity contribution is 7.80. The van der Waals surface area contributed by atoms with Crippen LogP contribution in [0.25, 0.3) is 5.70 Å². The van der Waals surface area contributed by atoms with Crippen molar-refractivity contribution in [2.24, 2.45) is 5.10 Å². The normalized spacial score (nSPS) is 20.1. The average Bonchev–Trinajstić information content (AvgIpc) is 3.01. The first-order valence-electron chi connectivity index (χ1n) is 7.31. The predicted molar refractivity (Wildman–Crippen MR) is 93.4 cm³/mol. The van der Waals surface area contributed by atoms with Crippen LogP contribution in [0.1, 0.15) is 17.5 Å². The molecule has 0 spiro atoms. The highest BCUT2D eigenvalue weighted by atomic mass is 32.1. The van der Waals surface area contributed by atoms with Gasteiger partial charge in [-0.15, -0.1) is 0 Å². The van der Waals surface area contributed by atoms with Crippen molar-refractivity contribution in [2.45, 2.75) is 12.5 Å². The zero-order valence-electron chi connectivity index (χ0n) is 11.9. The fourth-order valence-corrected chi connectivity index (χ4v) is 3.14. The quantitative estimate of drug-likeness (QED) is 0.862. The number of hydrazone groups is 1. The van der Waals surface area contributed by atoms with Crippen LogP contribution in [-0.2, 0) is 0 Å². The summed E-state index contributed by atoms with van der Waals surface area (Å²) in [5.74, 6) is 0. The molecule has 108 valence electrons. The lowest BCUT2D eigenvalue weighted by Gasteiger charge is -2.29. The Kier molecular flexibility index (Phi) is 3.24. The summed E-state index contributed by atoms with van der Waals surface area (Å²) in [6.45, 7) is 0. The zero-order chi connectivity index (χ0) is 14.9. The monoisotopic (exact) mass is 305 g/mol. The van der Waals surface area contributed by atoms with Crippen LogP contribution in [0.5, 0.6) is 0 Å². The van der Waals surface area contributed by atoms with E-state index >= 15 is 0 Å². The molecule has 2 aliphatic rings. The second-order valence-electron chi connectivity index (χ2n) is 5.41. The Morgan fingerprint density at radius 3 is 2.27 bits per heavy atom. The Morgan fingerprint density at radius 2 is 1.59 bits per heavy atom. The standard InChI is InChI=1S/C18H15N3S/c22-18-19-16(13-7-3-1-4-8-13)11-15-12-17(20-21(15)18)14-9-5-2-6-10-14/h1-11,15H,12H2,(H,19,22).